The Balaban J connectivity index is 1.68. The van der Waals surface area contributed by atoms with Gasteiger partial charge >= 0.3 is 5.97 Å². The van der Waals surface area contributed by atoms with E-state index in [1.165, 1.54) is 6.08 Å². The van der Waals surface area contributed by atoms with Crippen LogP contribution < -0.4 is 5.32 Å². The second kappa shape index (κ2) is 10.2. The lowest BCUT2D eigenvalue weighted by Gasteiger charge is -2.15. The van der Waals surface area contributed by atoms with Gasteiger partial charge in [0.25, 0.3) is 0 Å². The summed E-state index contributed by atoms with van der Waals surface area (Å²) >= 11 is 0. The van der Waals surface area contributed by atoms with Gasteiger partial charge in [-0.05, 0) is 47.4 Å². The normalized spacial score (nSPS) is 12.3. The number of aliphatic carboxylic acids is 1. The van der Waals surface area contributed by atoms with E-state index in [0.717, 1.165) is 33.3 Å². The SMILES string of the molecule is CC(C)CC(NC(=O)/C=C/c1cn(-c2ccccc2)nc1-c1ccc2ccccc2c1)C(=O)O. The lowest BCUT2D eigenvalue weighted by molar-refractivity contribution is -0.141. The van der Waals surface area contributed by atoms with Crippen molar-refractivity contribution in [1.82, 2.24) is 15.1 Å². The van der Waals surface area contributed by atoms with Crippen LogP contribution in [0.15, 0.2) is 85.1 Å². The maximum absolute atomic E-state index is 12.5. The highest BCUT2D eigenvalue weighted by Gasteiger charge is 2.20. The van der Waals surface area contributed by atoms with Crippen LogP contribution in [-0.4, -0.2) is 32.8 Å². The van der Waals surface area contributed by atoms with E-state index in [9.17, 15) is 14.7 Å². The highest BCUT2D eigenvalue weighted by atomic mass is 16.4. The first kappa shape index (κ1) is 23.0. The molecule has 0 fully saturated rings. The van der Waals surface area contributed by atoms with Crippen LogP contribution in [0.25, 0.3) is 33.8 Å². The molecule has 1 aromatic heterocycles. The molecule has 2 N–H and O–H groups in total. The molecule has 1 amide bonds. The Morgan fingerprint density at radius 1 is 1.00 bits per heavy atom. The molecule has 0 aliphatic heterocycles. The van der Waals surface area contributed by atoms with Crippen molar-refractivity contribution in [2.75, 3.05) is 0 Å². The minimum absolute atomic E-state index is 0.147. The number of nitrogens with one attached hydrogen (secondary N) is 1. The molecule has 0 spiro atoms. The van der Waals surface area contributed by atoms with E-state index in [2.05, 4.69) is 29.6 Å². The quantitative estimate of drug-likeness (QED) is 0.354. The van der Waals surface area contributed by atoms with E-state index in [4.69, 9.17) is 5.10 Å². The predicted octanol–water partition coefficient (Wildman–Crippen LogP) is 5.32. The van der Waals surface area contributed by atoms with Gasteiger partial charge < -0.3 is 10.4 Å². The fourth-order valence-electron chi connectivity index (χ4n) is 3.86. The number of carbonyl (C=O) groups excluding carboxylic acids is 1. The molecule has 4 rings (SSSR count). The highest BCUT2D eigenvalue weighted by Crippen LogP contribution is 2.28. The molecule has 0 aliphatic rings. The Morgan fingerprint density at radius 2 is 1.71 bits per heavy atom. The van der Waals surface area contributed by atoms with Gasteiger partial charge in [0.15, 0.2) is 0 Å². The maximum Gasteiger partial charge on any atom is 0.326 e. The zero-order chi connectivity index (χ0) is 24.1. The van der Waals surface area contributed by atoms with Crippen molar-refractivity contribution in [1.29, 1.82) is 0 Å². The van der Waals surface area contributed by atoms with Crippen molar-refractivity contribution in [2.24, 2.45) is 5.92 Å². The molecule has 1 heterocycles. The second-order valence-corrected chi connectivity index (χ2v) is 8.64. The van der Waals surface area contributed by atoms with Gasteiger partial charge in [-0.3, -0.25) is 4.79 Å². The molecule has 0 aliphatic carbocycles. The molecule has 172 valence electrons. The van der Waals surface area contributed by atoms with Crippen molar-refractivity contribution in [3.8, 4) is 16.9 Å². The number of hydrogen-bond donors (Lipinski definition) is 2. The summed E-state index contributed by atoms with van der Waals surface area (Å²) in [6.45, 7) is 3.84. The summed E-state index contributed by atoms with van der Waals surface area (Å²) in [6.07, 6.45) is 5.28. The Bertz CT molecular complexity index is 1340. The third-order valence-electron chi connectivity index (χ3n) is 5.52. The van der Waals surface area contributed by atoms with Gasteiger partial charge in [0, 0.05) is 23.4 Å². The number of carbonyl (C=O) groups is 2. The minimum Gasteiger partial charge on any atom is -0.480 e. The molecule has 0 saturated carbocycles. The zero-order valence-electron chi connectivity index (χ0n) is 19.2. The first-order valence-electron chi connectivity index (χ1n) is 11.3. The van der Waals surface area contributed by atoms with Crippen molar-refractivity contribution in [2.45, 2.75) is 26.3 Å². The molecular formula is C28H27N3O3. The number of hydrogen-bond acceptors (Lipinski definition) is 3. The Labute approximate surface area is 198 Å². The summed E-state index contributed by atoms with van der Waals surface area (Å²) in [5.41, 5.74) is 3.31. The van der Waals surface area contributed by atoms with E-state index in [1.54, 1.807) is 10.8 Å². The monoisotopic (exact) mass is 453 g/mol. The fraction of sp³-hybridized carbons (Fsp3) is 0.179. The van der Waals surface area contributed by atoms with E-state index < -0.39 is 17.9 Å². The van der Waals surface area contributed by atoms with Gasteiger partial charge in [-0.1, -0.05) is 68.4 Å². The van der Waals surface area contributed by atoms with Crippen LogP contribution >= 0.6 is 0 Å². The topological polar surface area (TPSA) is 84.2 Å². The Morgan fingerprint density at radius 3 is 2.41 bits per heavy atom. The first-order valence-corrected chi connectivity index (χ1v) is 11.3. The fourth-order valence-corrected chi connectivity index (χ4v) is 3.86. The smallest absolute Gasteiger partial charge is 0.326 e. The lowest BCUT2D eigenvalue weighted by atomic mass is 10.0. The van der Waals surface area contributed by atoms with Gasteiger partial charge in [-0.2, -0.15) is 5.10 Å². The summed E-state index contributed by atoms with van der Waals surface area (Å²) in [5.74, 6) is -1.34. The van der Waals surface area contributed by atoms with Crippen molar-refractivity contribution < 1.29 is 14.7 Å². The molecule has 0 radical (unpaired) electrons. The third-order valence-corrected chi connectivity index (χ3v) is 5.52. The number of fused-ring (bicyclic) bond motifs is 1. The van der Waals surface area contributed by atoms with Crippen LogP contribution in [0.4, 0.5) is 0 Å². The average molecular weight is 454 g/mol. The maximum atomic E-state index is 12.5. The Hall–Kier alpha value is -4.19. The summed E-state index contributed by atoms with van der Waals surface area (Å²) in [7, 11) is 0. The van der Waals surface area contributed by atoms with Gasteiger partial charge in [-0.25, -0.2) is 9.48 Å². The molecule has 4 aromatic rings. The molecule has 6 heteroatoms. The molecule has 3 aromatic carbocycles. The standard InChI is InChI=1S/C28H27N3O3/c1-19(2)16-25(28(33)34)29-26(32)15-14-23-18-31(24-10-4-3-5-11-24)30-27(23)22-13-12-20-8-6-7-9-21(20)17-22/h3-15,17-19,25H,16H2,1-2H3,(H,29,32)(H,33,34)/b15-14+. The first-order chi connectivity index (χ1) is 16.4. The molecular weight excluding hydrogens is 426 g/mol. The number of amides is 1. The van der Waals surface area contributed by atoms with Crippen molar-refractivity contribution in [3.63, 3.8) is 0 Å². The predicted molar refractivity (Wildman–Crippen MR) is 135 cm³/mol. The number of carboxylic acid groups (broad SMARTS) is 1. The van der Waals surface area contributed by atoms with E-state index >= 15 is 0 Å². The highest BCUT2D eigenvalue weighted by molar-refractivity contribution is 5.95. The minimum atomic E-state index is -1.04. The van der Waals surface area contributed by atoms with Gasteiger partial charge in [0.2, 0.25) is 5.91 Å². The van der Waals surface area contributed by atoms with Gasteiger partial charge in [0.1, 0.15) is 6.04 Å². The number of para-hydroxylation sites is 1. The van der Waals surface area contributed by atoms with Crippen LogP contribution in [0.1, 0.15) is 25.8 Å². The molecule has 34 heavy (non-hydrogen) atoms. The lowest BCUT2D eigenvalue weighted by Crippen LogP contribution is -2.40. The van der Waals surface area contributed by atoms with E-state index in [0.29, 0.717) is 6.42 Å². The summed E-state index contributed by atoms with van der Waals surface area (Å²) in [5, 5.41) is 19.0. The van der Waals surface area contributed by atoms with Gasteiger partial charge in [0.05, 0.1) is 11.4 Å². The molecule has 1 unspecified atom stereocenters. The van der Waals surface area contributed by atoms with Crippen LogP contribution in [-0.2, 0) is 9.59 Å². The van der Waals surface area contributed by atoms with Crippen molar-refractivity contribution in [3.05, 3.63) is 90.6 Å². The number of carboxylic acids is 1. The third kappa shape index (κ3) is 5.41. The van der Waals surface area contributed by atoms with Crippen LogP contribution in [0.2, 0.25) is 0 Å². The number of benzene rings is 3. The molecule has 1 atom stereocenters. The summed E-state index contributed by atoms with van der Waals surface area (Å²) in [6, 6.07) is 23.1. The van der Waals surface area contributed by atoms with Crippen molar-refractivity contribution >= 4 is 28.7 Å². The molecule has 6 nitrogen and oxygen atoms in total. The molecule has 0 saturated heterocycles. The second-order valence-electron chi connectivity index (χ2n) is 8.64. The van der Waals surface area contributed by atoms with Gasteiger partial charge in [-0.15, -0.1) is 0 Å². The van der Waals surface area contributed by atoms with E-state index in [-0.39, 0.29) is 5.92 Å². The summed E-state index contributed by atoms with van der Waals surface area (Å²) in [4.78, 5) is 24.0. The van der Waals surface area contributed by atoms with E-state index in [1.807, 2.05) is 68.6 Å². The zero-order valence-corrected chi connectivity index (χ0v) is 19.2. The Kier molecular flexibility index (Phi) is 6.87. The number of aromatic nitrogens is 2. The van der Waals surface area contributed by atoms with Crippen LogP contribution in [0.3, 0.4) is 0 Å². The van der Waals surface area contributed by atoms with Crippen LogP contribution in [0.5, 0.6) is 0 Å². The van der Waals surface area contributed by atoms with Crippen LogP contribution in [0, 0.1) is 5.92 Å². The molecule has 0 bridgehead atoms. The average Bonchev–Trinajstić information content (AvgIpc) is 3.26. The number of nitrogens with zero attached hydrogens (tertiary/aromatic N) is 2. The number of rotatable bonds is 8. The summed E-state index contributed by atoms with van der Waals surface area (Å²) < 4.78 is 1.78. The largest absolute Gasteiger partial charge is 0.480 e.